The fourth-order valence-electron chi connectivity index (χ4n) is 2.45. The van der Waals surface area contributed by atoms with E-state index in [0.717, 1.165) is 30.9 Å². The average molecular weight is 258 g/mol. The number of rotatable bonds is 3. The molecule has 3 unspecified atom stereocenters. The minimum absolute atomic E-state index is 0.0460. The molecule has 6 heteroatoms. The van der Waals surface area contributed by atoms with E-state index in [2.05, 4.69) is 10.6 Å². The van der Waals surface area contributed by atoms with Crippen molar-refractivity contribution in [2.75, 3.05) is 18.1 Å². The highest BCUT2D eigenvalue weighted by atomic mass is 32.2. The van der Waals surface area contributed by atoms with Gasteiger partial charge >= 0.3 is 5.97 Å². The van der Waals surface area contributed by atoms with Crippen molar-refractivity contribution in [1.29, 1.82) is 0 Å². The number of hydrogen-bond donors (Lipinski definition) is 3. The van der Waals surface area contributed by atoms with Crippen molar-refractivity contribution in [3.8, 4) is 0 Å². The van der Waals surface area contributed by atoms with Gasteiger partial charge in [-0.25, -0.2) is 0 Å². The third-order valence-corrected chi connectivity index (χ3v) is 4.46. The maximum Gasteiger partial charge on any atom is 0.308 e. The lowest BCUT2D eigenvalue weighted by molar-refractivity contribution is -0.142. The number of amides is 1. The number of carboxylic acid groups (broad SMARTS) is 1. The van der Waals surface area contributed by atoms with E-state index < -0.39 is 11.9 Å². The molecule has 2 rings (SSSR count). The van der Waals surface area contributed by atoms with Gasteiger partial charge in [0.05, 0.1) is 12.0 Å². The molecular weight excluding hydrogens is 240 g/mol. The number of nitrogens with one attached hydrogen (secondary N) is 2. The highest BCUT2D eigenvalue weighted by Crippen LogP contribution is 2.26. The lowest BCUT2D eigenvalue weighted by Crippen LogP contribution is -2.52. The van der Waals surface area contributed by atoms with Crippen LogP contribution in [0.5, 0.6) is 0 Å². The minimum atomic E-state index is -0.793. The van der Waals surface area contributed by atoms with Crippen LogP contribution in [-0.2, 0) is 9.59 Å². The van der Waals surface area contributed by atoms with Gasteiger partial charge in [-0.1, -0.05) is 6.42 Å². The standard InChI is InChI=1S/C11H18N2O3S/c14-10(9-6-17-5-4-12-9)13-8-3-1-2-7(8)11(15)16/h7-9,12H,1-6H2,(H,13,14)(H,15,16). The number of thioether (sulfide) groups is 1. The van der Waals surface area contributed by atoms with Gasteiger partial charge in [0.1, 0.15) is 0 Å². The first-order valence-electron chi connectivity index (χ1n) is 6.03. The van der Waals surface area contributed by atoms with Gasteiger partial charge in [0.2, 0.25) is 5.91 Å². The molecule has 0 radical (unpaired) electrons. The van der Waals surface area contributed by atoms with E-state index in [0.29, 0.717) is 6.42 Å². The van der Waals surface area contributed by atoms with Crippen molar-refractivity contribution < 1.29 is 14.7 Å². The second kappa shape index (κ2) is 5.73. The summed E-state index contributed by atoms with van der Waals surface area (Å²) < 4.78 is 0. The first-order chi connectivity index (χ1) is 8.18. The SMILES string of the molecule is O=C(NC1CCCC1C(=O)O)C1CSCCN1. The van der Waals surface area contributed by atoms with Gasteiger partial charge < -0.3 is 15.7 Å². The van der Waals surface area contributed by atoms with E-state index in [-0.39, 0.29) is 18.0 Å². The van der Waals surface area contributed by atoms with Crippen molar-refractivity contribution in [2.24, 2.45) is 5.92 Å². The first-order valence-corrected chi connectivity index (χ1v) is 7.18. The number of carbonyl (C=O) groups is 2. The molecule has 96 valence electrons. The fraction of sp³-hybridized carbons (Fsp3) is 0.818. The summed E-state index contributed by atoms with van der Waals surface area (Å²) in [6.45, 7) is 0.843. The van der Waals surface area contributed by atoms with Crippen LogP contribution in [0, 0.1) is 5.92 Å². The molecule has 17 heavy (non-hydrogen) atoms. The highest BCUT2D eigenvalue weighted by Gasteiger charge is 2.35. The predicted octanol–water partition coefficient (Wildman–Crippen LogP) is 0.0609. The topological polar surface area (TPSA) is 78.4 Å². The second-order valence-corrected chi connectivity index (χ2v) is 5.72. The summed E-state index contributed by atoms with van der Waals surface area (Å²) in [7, 11) is 0. The van der Waals surface area contributed by atoms with Gasteiger partial charge in [-0.15, -0.1) is 0 Å². The van der Waals surface area contributed by atoms with Crippen molar-refractivity contribution in [1.82, 2.24) is 10.6 Å². The summed E-state index contributed by atoms with van der Waals surface area (Å²) in [6, 6.07) is -0.350. The lowest BCUT2D eigenvalue weighted by atomic mass is 10.0. The monoisotopic (exact) mass is 258 g/mol. The van der Waals surface area contributed by atoms with E-state index in [1.165, 1.54) is 0 Å². The molecule has 2 fully saturated rings. The first kappa shape index (κ1) is 12.7. The Morgan fingerprint density at radius 1 is 1.35 bits per heavy atom. The highest BCUT2D eigenvalue weighted by molar-refractivity contribution is 7.99. The Morgan fingerprint density at radius 3 is 2.82 bits per heavy atom. The van der Waals surface area contributed by atoms with Gasteiger partial charge in [0.25, 0.3) is 0 Å². The largest absolute Gasteiger partial charge is 0.481 e. The number of hydrogen-bond acceptors (Lipinski definition) is 4. The second-order valence-electron chi connectivity index (χ2n) is 4.57. The van der Waals surface area contributed by atoms with Crippen LogP contribution in [0.2, 0.25) is 0 Å². The average Bonchev–Trinajstić information content (AvgIpc) is 2.78. The van der Waals surface area contributed by atoms with Crippen LogP contribution >= 0.6 is 11.8 Å². The summed E-state index contributed by atoms with van der Waals surface area (Å²) in [5.74, 6) is 0.561. The molecule has 0 bridgehead atoms. The summed E-state index contributed by atoms with van der Waals surface area (Å²) in [5.41, 5.74) is 0. The van der Waals surface area contributed by atoms with E-state index in [4.69, 9.17) is 5.11 Å². The molecule has 3 atom stereocenters. The quantitative estimate of drug-likeness (QED) is 0.667. The molecular formula is C11H18N2O3S. The van der Waals surface area contributed by atoms with E-state index >= 15 is 0 Å². The van der Waals surface area contributed by atoms with E-state index in [1.807, 2.05) is 0 Å². The van der Waals surface area contributed by atoms with Crippen LogP contribution in [0.3, 0.4) is 0 Å². The zero-order valence-electron chi connectivity index (χ0n) is 9.65. The predicted molar refractivity (Wildman–Crippen MR) is 66.0 cm³/mol. The molecule has 5 nitrogen and oxygen atoms in total. The lowest BCUT2D eigenvalue weighted by Gasteiger charge is -2.25. The summed E-state index contributed by atoms with van der Waals surface area (Å²) in [5, 5.41) is 15.1. The molecule has 0 spiro atoms. The third-order valence-electron chi connectivity index (χ3n) is 3.40. The van der Waals surface area contributed by atoms with Crippen molar-refractivity contribution in [3.05, 3.63) is 0 Å². The summed E-state index contributed by atoms with van der Waals surface area (Å²) >= 11 is 1.76. The zero-order valence-corrected chi connectivity index (χ0v) is 10.5. The van der Waals surface area contributed by atoms with Gasteiger partial charge in [-0.3, -0.25) is 9.59 Å². The smallest absolute Gasteiger partial charge is 0.308 e. The van der Waals surface area contributed by atoms with Gasteiger partial charge in [0.15, 0.2) is 0 Å². The van der Waals surface area contributed by atoms with Crippen molar-refractivity contribution in [2.45, 2.75) is 31.3 Å². The Hall–Kier alpha value is -0.750. The summed E-state index contributed by atoms with van der Waals surface area (Å²) in [6.07, 6.45) is 2.34. The third kappa shape index (κ3) is 3.13. The molecule has 3 N–H and O–H groups in total. The van der Waals surface area contributed by atoms with Crippen molar-refractivity contribution in [3.63, 3.8) is 0 Å². The molecule has 0 aromatic carbocycles. The Labute approximate surface area is 105 Å². The number of carbonyl (C=O) groups excluding carboxylic acids is 1. The number of carboxylic acids is 1. The van der Waals surface area contributed by atoms with Crippen LogP contribution in [-0.4, -0.2) is 47.1 Å². The molecule has 2 aliphatic rings. The normalized spacial score (nSPS) is 33.3. The van der Waals surface area contributed by atoms with Gasteiger partial charge in [-0.05, 0) is 12.8 Å². The molecule has 0 aromatic rings. The maximum atomic E-state index is 11.9. The molecule has 0 aromatic heterocycles. The molecule has 1 aliphatic carbocycles. The van der Waals surface area contributed by atoms with Gasteiger partial charge in [-0.2, -0.15) is 11.8 Å². The van der Waals surface area contributed by atoms with Crippen LogP contribution in [0.4, 0.5) is 0 Å². The van der Waals surface area contributed by atoms with Crippen LogP contribution in [0.1, 0.15) is 19.3 Å². The van der Waals surface area contributed by atoms with E-state index in [1.54, 1.807) is 11.8 Å². The van der Waals surface area contributed by atoms with Crippen LogP contribution in [0.25, 0.3) is 0 Å². The Bertz CT molecular complexity index is 305. The number of aliphatic carboxylic acids is 1. The van der Waals surface area contributed by atoms with E-state index in [9.17, 15) is 9.59 Å². The van der Waals surface area contributed by atoms with Gasteiger partial charge in [0, 0.05) is 24.1 Å². The molecule has 1 heterocycles. The molecule has 1 saturated carbocycles. The summed E-state index contributed by atoms with van der Waals surface area (Å²) in [4.78, 5) is 22.9. The Balaban J connectivity index is 1.86. The Kier molecular flexibility index (Phi) is 4.28. The molecule has 1 saturated heterocycles. The fourth-order valence-corrected chi connectivity index (χ4v) is 3.38. The maximum absolute atomic E-state index is 11.9. The van der Waals surface area contributed by atoms with Crippen molar-refractivity contribution >= 4 is 23.6 Å². The Morgan fingerprint density at radius 2 is 2.18 bits per heavy atom. The zero-order chi connectivity index (χ0) is 12.3. The molecule has 1 aliphatic heterocycles. The minimum Gasteiger partial charge on any atom is -0.481 e. The van der Waals surface area contributed by atoms with Crippen LogP contribution < -0.4 is 10.6 Å². The molecule has 1 amide bonds. The van der Waals surface area contributed by atoms with Crippen LogP contribution in [0.15, 0.2) is 0 Å².